The van der Waals surface area contributed by atoms with Gasteiger partial charge < -0.3 is 9.80 Å². The van der Waals surface area contributed by atoms with E-state index in [-0.39, 0.29) is 5.91 Å². The van der Waals surface area contributed by atoms with Crippen molar-refractivity contribution < 1.29 is 18.0 Å². The molecule has 25 heavy (non-hydrogen) atoms. The van der Waals surface area contributed by atoms with Gasteiger partial charge in [-0.2, -0.15) is 13.2 Å². The Hall–Kier alpha value is -2.57. The molecule has 132 valence electrons. The molecule has 0 radical (unpaired) electrons. The van der Waals surface area contributed by atoms with Gasteiger partial charge in [-0.25, -0.2) is 4.98 Å². The van der Waals surface area contributed by atoms with Crippen LogP contribution >= 0.6 is 0 Å². The number of benzene rings is 1. The molecule has 1 aliphatic heterocycles. The topological polar surface area (TPSA) is 36.4 Å². The molecule has 4 nitrogen and oxygen atoms in total. The normalized spacial score (nSPS) is 15.8. The third kappa shape index (κ3) is 4.10. The Morgan fingerprint density at radius 2 is 1.76 bits per heavy atom. The van der Waals surface area contributed by atoms with Crippen molar-refractivity contribution in [2.75, 3.05) is 31.1 Å². The number of hydrogen-bond acceptors (Lipinski definition) is 3. The maximum Gasteiger partial charge on any atom is 0.416 e. The molecular formula is C18H18F3N3O. The van der Waals surface area contributed by atoms with Gasteiger partial charge in [-0.05, 0) is 30.7 Å². The van der Waals surface area contributed by atoms with E-state index >= 15 is 0 Å². The van der Waals surface area contributed by atoms with Crippen LogP contribution in [0.25, 0.3) is 0 Å². The van der Waals surface area contributed by atoms with Gasteiger partial charge in [-0.3, -0.25) is 4.79 Å². The lowest BCUT2D eigenvalue weighted by molar-refractivity contribution is -0.137. The molecule has 0 spiro atoms. The van der Waals surface area contributed by atoms with E-state index in [1.54, 1.807) is 21.9 Å². The first-order valence-electron chi connectivity index (χ1n) is 8.08. The highest BCUT2D eigenvalue weighted by atomic mass is 19.4. The molecule has 1 amide bonds. The summed E-state index contributed by atoms with van der Waals surface area (Å²) in [6.07, 6.45) is -2.54. The van der Waals surface area contributed by atoms with Gasteiger partial charge in [0.2, 0.25) is 0 Å². The summed E-state index contributed by atoms with van der Waals surface area (Å²) in [5.41, 5.74) is -0.0906. The summed E-state index contributed by atoms with van der Waals surface area (Å²) in [5, 5.41) is 0. The number of carbonyl (C=O) groups excluding carboxylic acids is 1. The zero-order valence-corrected chi connectivity index (χ0v) is 13.5. The van der Waals surface area contributed by atoms with Gasteiger partial charge in [0.05, 0.1) is 5.56 Å². The van der Waals surface area contributed by atoms with Crippen molar-refractivity contribution in [1.82, 2.24) is 9.88 Å². The maximum atomic E-state index is 12.9. The highest BCUT2D eigenvalue weighted by molar-refractivity contribution is 5.94. The summed E-state index contributed by atoms with van der Waals surface area (Å²) in [6, 6.07) is 11.0. The summed E-state index contributed by atoms with van der Waals surface area (Å²) >= 11 is 0. The van der Waals surface area contributed by atoms with Crippen LogP contribution in [0.5, 0.6) is 0 Å². The van der Waals surface area contributed by atoms with E-state index in [9.17, 15) is 18.0 Å². The first-order chi connectivity index (χ1) is 11.9. The number of hydrogen-bond donors (Lipinski definition) is 0. The van der Waals surface area contributed by atoms with Crippen LogP contribution in [0.15, 0.2) is 48.7 Å². The lowest BCUT2D eigenvalue weighted by atomic mass is 10.2. The van der Waals surface area contributed by atoms with Crippen LogP contribution in [0.2, 0.25) is 0 Å². The third-order valence-electron chi connectivity index (χ3n) is 4.20. The standard InChI is InChI=1S/C18H18F3N3O/c19-18(20,21)15-7-8-22-16(13-15)23-9-4-10-24(12-11-23)17(25)14-5-2-1-3-6-14/h1-3,5-8,13H,4,9-12H2. The van der Waals surface area contributed by atoms with Crippen molar-refractivity contribution >= 4 is 11.7 Å². The van der Waals surface area contributed by atoms with Gasteiger partial charge in [-0.15, -0.1) is 0 Å². The van der Waals surface area contributed by atoms with Gasteiger partial charge in [0, 0.05) is 37.9 Å². The van der Waals surface area contributed by atoms with Crippen molar-refractivity contribution in [3.63, 3.8) is 0 Å². The molecular weight excluding hydrogens is 331 g/mol. The number of anilines is 1. The predicted molar refractivity (Wildman–Crippen MR) is 88.4 cm³/mol. The van der Waals surface area contributed by atoms with Crippen LogP contribution < -0.4 is 4.90 Å². The number of halogens is 3. The summed E-state index contributed by atoms with van der Waals surface area (Å²) < 4.78 is 38.6. The molecule has 2 heterocycles. The molecule has 0 saturated carbocycles. The fraction of sp³-hybridized carbons (Fsp3) is 0.333. The summed E-state index contributed by atoms with van der Waals surface area (Å²) in [4.78, 5) is 20.1. The quantitative estimate of drug-likeness (QED) is 0.833. The van der Waals surface area contributed by atoms with E-state index in [0.717, 1.165) is 12.1 Å². The first-order valence-corrected chi connectivity index (χ1v) is 8.08. The minimum absolute atomic E-state index is 0.0561. The smallest absolute Gasteiger partial charge is 0.355 e. The van der Waals surface area contributed by atoms with Crippen LogP contribution in [0, 0.1) is 0 Å². The predicted octanol–water partition coefficient (Wildman–Crippen LogP) is 3.45. The summed E-state index contributed by atoms with van der Waals surface area (Å²) in [6.45, 7) is 2.04. The second kappa shape index (κ2) is 7.13. The second-order valence-corrected chi connectivity index (χ2v) is 5.90. The van der Waals surface area contributed by atoms with Gasteiger partial charge in [0.15, 0.2) is 0 Å². The molecule has 0 atom stereocenters. The van der Waals surface area contributed by atoms with E-state index in [1.807, 2.05) is 18.2 Å². The van der Waals surface area contributed by atoms with E-state index in [1.165, 1.54) is 6.20 Å². The van der Waals surface area contributed by atoms with Gasteiger partial charge >= 0.3 is 6.18 Å². The number of rotatable bonds is 2. The molecule has 0 N–H and O–H groups in total. The average molecular weight is 349 g/mol. The zero-order chi connectivity index (χ0) is 17.9. The molecule has 0 unspecified atom stereocenters. The van der Waals surface area contributed by atoms with Crippen LogP contribution in [0.1, 0.15) is 22.3 Å². The fourth-order valence-electron chi connectivity index (χ4n) is 2.88. The molecule has 1 saturated heterocycles. The fourth-order valence-corrected chi connectivity index (χ4v) is 2.88. The summed E-state index contributed by atoms with van der Waals surface area (Å²) in [5.74, 6) is 0.239. The lowest BCUT2D eigenvalue weighted by Gasteiger charge is -2.23. The van der Waals surface area contributed by atoms with Crippen molar-refractivity contribution in [3.05, 3.63) is 59.8 Å². The molecule has 2 aromatic rings. The van der Waals surface area contributed by atoms with E-state index < -0.39 is 11.7 Å². The van der Waals surface area contributed by atoms with E-state index in [2.05, 4.69) is 4.98 Å². The molecule has 1 aromatic heterocycles. The highest BCUT2D eigenvalue weighted by Gasteiger charge is 2.31. The molecule has 1 aliphatic rings. The van der Waals surface area contributed by atoms with Crippen molar-refractivity contribution in [2.45, 2.75) is 12.6 Å². The first kappa shape index (κ1) is 17.3. The van der Waals surface area contributed by atoms with Gasteiger partial charge in [0.1, 0.15) is 5.82 Å². The minimum Gasteiger partial charge on any atom is -0.355 e. The largest absolute Gasteiger partial charge is 0.416 e. The van der Waals surface area contributed by atoms with Gasteiger partial charge in [-0.1, -0.05) is 18.2 Å². The molecule has 1 fully saturated rings. The average Bonchev–Trinajstić information content (AvgIpc) is 2.87. The zero-order valence-electron chi connectivity index (χ0n) is 13.5. The Morgan fingerprint density at radius 1 is 1.00 bits per heavy atom. The second-order valence-electron chi connectivity index (χ2n) is 5.90. The lowest BCUT2D eigenvalue weighted by Crippen LogP contribution is -2.35. The molecule has 0 aliphatic carbocycles. The number of amides is 1. The number of aromatic nitrogens is 1. The molecule has 0 bridgehead atoms. The molecule has 7 heteroatoms. The van der Waals surface area contributed by atoms with Crippen LogP contribution in [-0.4, -0.2) is 42.0 Å². The summed E-state index contributed by atoms with van der Waals surface area (Å²) in [7, 11) is 0. The molecule has 3 rings (SSSR count). The Bertz CT molecular complexity index is 734. The van der Waals surface area contributed by atoms with Crippen LogP contribution in [-0.2, 0) is 6.18 Å². The SMILES string of the molecule is O=C(c1ccccc1)N1CCCN(c2cc(C(F)(F)F)ccn2)CC1. The third-order valence-corrected chi connectivity index (χ3v) is 4.20. The highest BCUT2D eigenvalue weighted by Crippen LogP contribution is 2.30. The van der Waals surface area contributed by atoms with Crippen LogP contribution in [0.4, 0.5) is 19.0 Å². The maximum absolute atomic E-state index is 12.9. The minimum atomic E-state index is -4.39. The van der Waals surface area contributed by atoms with E-state index in [0.29, 0.717) is 44.0 Å². The Balaban J connectivity index is 1.71. The Labute approximate surface area is 143 Å². The van der Waals surface area contributed by atoms with Crippen molar-refractivity contribution in [1.29, 1.82) is 0 Å². The van der Waals surface area contributed by atoms with Gasteiger partial charge in [0.25, 0.3) is 5.91 Å². The van der Waals surface area contributed by atoms with Crippen LogP contribution in [0.3, 0.4) is 0 Å². The van der Waals surface area contributed by atoms with Crippen molar-refractivity contribution in [3.8, 4) is 0 Å². The Morgan fingerprint density at radius 3 is 2.48 bits per heavy atom. The van der Waals surface area contributed by atoms with E-state index in [4.69, 9.17) is 0 Å². The van der Waals surface area contributed by atoms with Crippen molar-refractivity contribution in [2.24, 2.45) is 0 Å². The number of alkyl halides is 3. The number of nitrogens with zero attached hydrogens (tertiary/aromatic N) is 3. The number of carbonyl (C=O) groups is 1. The molecule has 1 aromatic carbocycles. The Kier molecular flexibility index (Phi) is 4.92. The number of pyridine rings is 1. The monoisotopic (exact) mass is 349 g/mol.